The van der Waals surface area contributed by atoms with Gasteiger partial charge in [0.2, 0.25) is 0 Å². The Morgan fingerprint density at radius 3 is 2.73 bits per heavy atom. The third-order valence-electron chi connectivity index (χ3n) is 6.43. The van der Waals surface area contributed by atoms with Gasteiger partial charge >= 0.3 is 5.63 Å². The van der Waals surface area contributed by atoms with Gasteiger partial charge in [-0.2, -0.15) is 0 Å². The molecule has 0 saturated carbocycles. The smallest absolute Gasteiger partial charge is 0.339 e. The molecule has 0 saturated heterocycles. The van der Waals surface area contributed by atoms with Crippen molar-refractivity contribution >= 4 is 11.0 Å². The van der Waals surface area contributed by atoms with E-state index in [1.165, 1.54) is 6.42 Å². The van der Waals surface area contributed by atoms with E-state index in [0.29, 0.717) is 23.6 Å². The lowest BCUT2D eigenvalue weighted by molar-refractivity contribution is 0.0888. The molecule has 8 heteroatoms. The Balaban J connectivity index is 1.31. The summed E-state index contributed by atoms with van der Waals surface area (Å²) in [5.74, 6) is 1.32. The van der Waals surface area contributed by atoms with Crippen molar-refractivity contribution in [1.82, 2.24) is 15.0 Å². The summed E-state index contributed by atoms with van der Waals surface area (Å²) in [7, 11) is 0. The predicted molar refractivity (Wildman–Crippen MR) is 142 cm³/mol. The molecule has 1 unspecified atom stereocenters. The van der Waals surface area contributed by atoms with Gasteiger partial charge in [0.25, 0.3) is 0 Å². The molecule has 2 aromatic carbocycles. The first-order valence-corrected chi connectivity index (χ1v) is 12.9. The summed E-state index contributed by atoms with van der Waals surface area (Å²) in [4.78, 5) is 12.6. The molecule has 0 amide bonds. The lowest BCUT2D eigenvalue weighted by Gasteiger charge is -2.13. The average Bonchev–Trinajstić information content (AvgIpc) is 3.33. The van der Waals surface area contributed by atoms with E-state index in [-0.39, 0.29) is 18.8 Å². The second kappa shape index (κ2) is 12.5. The van der Waals surface area contributed by atoms with Crippen molar-refractivity contribution in [1.29, 1.82) is 0 Å². The lowest BCUT2D eigenvalue weighted by Crippen LogP contribution is -2.24. The van der Waals surface area contributed by atoms with Crippen molar-refractivity contribution in [2.45, 2.75) is 72.1 Å². The molecule has 2 heterocycles. The summed E-state index contributed by atoms with van der Waals surface area (Å²) >= 11 is 0. The number of aryl methyl sites for hydroxylation is 2. The van der Waals surface area contributed by atoms with Crippen LogP contribution in [0.15, 0.2) is 57.9 Å². The van der Waals surface area contributed by atoms with Crippen molar-refractivity contribution in [3.05, 3.63) is 81.5 Å². The highest BCUT2D eigenvalue weighted by atomic mass is 16.5. The Bertz CT molecular complexity index is 1380. The molecule has 1 atom stereocenters. The number of aliphatic hydroxyl groups excluding tert-OH is 1. The van der Waals surface area contributed by atoms with Gasteiger partial charge in [0.1, 0.15) is 42.1 Å². The molecule has 0 aliphatic heterocycles. The number of aliphatic hydroxyl groups is 1. The maximum absolute atomic E-state index is 12.6. The topological polar surface area (TPSA) is 99.6 Å². The minimum atomic E-state index is -0.804. The minimum Gasteiger partial charge on any atom is -0.491 e. The fraction of sp³-hybridized carbons (Fsp3) is 0.414. The van der Waals surface area contributed by atoms with E-state index < -0.39 is 6.10 Å². The first-order chi connectivity index (χ1) is 17.9. The van der Waals surface area contributed by atoms with Gasteiger partial charge in [-0.1, -0.05) is 49.6 Å². The number of unbranched alkanes of at least 4 members (excludes halogenated alkanes) is 3. The van der Waals surface area contributed by atoms with E-state index in [1.54, 1.807) is 16.9 Å². The minimum absolute atomic E-state index is 0.0547. The molecule has 196 valence electrons. The number of fused-ring (bicyclic) bond motifs is 1. The van der Waals surface area contributed by atoms with Crippen LogP contribution in [0.1, 0.15) is 55.0 Å². The van der Waals surface area contributed by atoms with Crippen LogP contribution < -0.4 is 15.1 Å². The standard InChI is InChI=1S/C29H35N3O5/c1-4-5-6-7-11-26-21(3)25-14-13-24(15-28(25)37-29(26)34)35-19-23(33)17-32-16-22(30-31-32)18-36-27-12-9-8-10-20(27)2/h8-10,12-16,23,33H,4-7,11,17-19H2,1-3H3. The van der Waals surface area contributed by atoms with Crippen LogP contribution in [0.5, 0.6) is 11.5 Å². The van der Waals surface area contributed by atoms with E-state index in [2.05, 4.69) is 17.2 Å². The van der Waals surface area contributed by atoms with Crippen LogP contribution in [-0.2, 0) is 19.6 Å². The first-order valence-electron chi connectivity index (χ1n) is 12.9. The Kier molecular flexibility index (Phi) is 8.95. The molecule has 2 aromatic heterocycles. The first kappa shape index (κ1) is 26.4. The molecule has 37 heavy (non-hydrogen) atoms. The monoisotopic (exact) mass is 505 g/mol. The largest absolute Gasteiger partial charge is 0.491 e. The summed E-state index contributed by atoms with van der Waals surface area (Å²) < 4.78 is 18.7. The number of hydrogen-bond acceptors (Lipinski definition) is 7. The van der Waals surface area contributed by atoms with Gasteiger partial charge in [0.05, 0.1) is 12.7 Å². The van der Waals surface area contributed by atoms with E-state index in [0.717, 1.165) is 53.5 Å². The zero-order valence-corrected chi connectivity index (χ0v) is 21.8. The highest BCUT2D eigenvalue weighted by Crippen LogP contribution is 2.25. The highest BCUT2D eigenvalue weighted by Gasteiger charge is 2.14. The SMILES string of the molecule is CCCCCCc1c(C)c2ccc(OCC(O)Cn3cc(COc4ccccc4C)nn3)cc2oc1=O. The lowest BCUT2D eigenvalue weighted by atomic mass is 10.0. The zero-order valence-electron chi connectivity index (χ0n) is 21.8. The number of hydrogen-bond donors (Lipinski definition) is 1. The third kappa shape index (κ3) is 6.98. The molecule has 1 N–H and O–H groups in total. The Morgan fingerprint density at radius 1 is 1.08 bits per heavy atom. The number of nitrogens with zero attached hydrogens (tertiary/aromatic N) is 3. The van der Waals surface area contributed by atoms with E-state index in [1.807, 2.05) is 50.2 Å². The molecular formula is C29H35N3O5. The molecule has 4 aromatic rings. The van der Waals surface area contributed by atoms with Gasteiger partial charge < -0.3 is 19.0 Å². The fourth-order valence-electron chi connectivity index (χ4n) is 4.31. The van der Waals surface area contributed by atoms with Gasteiger partial charge in [-0.3, -0.25) is 0 Å². The molecule has 0 bridgehead atoms. The summed E-state index contributed by atoms with van der Waals surface area (Å²) in [6, 6.07) is 13.2. The van der Waals surface area contributed by atoms with Gasteiger partial charge in [0.15, 0.2) is 0 Å². The van der Waals surface area contributed by atoms with E-state index in [9.17, 15) is 9.90 Å². The van der Waals surface area contributed by atoms with Crippen LogP contribution >= 0.6 is 0 Å². The maximum atomic E-state index is 12.6. The van der Waals surface area contributed by atoms with Crippen LogP contribution in [-0.4, -0.2) is 32.8 Å². The predicted octanol–water partition coefficient (Wildman–Crippen LogP) is 5.14. The Labute approximate surface area is 216 Å². The van der Waals surface area contributed by atoms with Crippen molar-refractivity contribution in [2.75, 3.05) is 6.61 Å². The van der Waals surface area contributed by atoms with Crippen LogP contribution in [0.25, 0.3) is 11.0 Å². The van der Waals surface area contributed by atoms with Crippen molar-refractivity contribution < 1.29 is 19.0 Å². The van der Waals surface area contributed by atoms with Crippen LogP contribution in [0, 0.1) is 13.8 Å². The number of rotatable bonds is 13. The van der Waals surface area contributed by atoms with E-state index >= 15 is 0 Å². The zero-order chi connectivity index (χ0) is 26.2. The van der Waals surface area contributed by atoms with Gasteiger partial charge in [-0.25, -0.2) is 9.48 Å². The number of para-hydroxylation sites is 1. The summed E-state index contributed by atoms with van der Waals surface area (Å²) in [5, 5.41) is 19.5. The molecule has 4 rings (SSSR count). The Hall–Kier alpha value is -3.65. The fourth-order valence-corrected chi connectivity index (χ4v) is 4.31. The molecule has 0 fully saturated rings. The molecule has 8 nitrogen and oxygen atoms in total. The quantitative estimate of drug-likeness (QED) is 0.198. The second-order valence-corrected chi connectivity index (χ2v) is 9.41. The van der Waals surface area contributed by atoms with Gasteiger partial charge in [-0.15, -0.1) is 5.10 Å². The van der Waals surface area contributed by atoms with Crippen LogP contribution in [0.2, 0.25) is 0 Å². The van der Waals surface area contributed by atoms with Crippen molar-refractivity contribution in [3.8, 4) is 11.5 Å². The van der Waals surface area contributed by atoms with Crippen molar-refractivity contribution in [2.24, 2.45) is 0 Å². The normalized spacial score (nSPS) is 12.1. The van der Waals surface area contributed by atoms with Crippen LogP contribution in [0.3, 0.4) is 0 Å². The average molecular weight is 506 g/mol. The van der Waals surface area contributed by atoms with E-state index in [4.69, 9.17) is 13.9 Å². The number of ether oxygens (including phenoxy) is 2. The summed E-state index contributed by atoms with van der Waals surface area (Å²) in [6.07, 6.45) is 6.10. The van der Waals surface area contributed by atoms with Crippen molar-refractivity contribution in [3.63, 3.8) is 0 Å². The molecule has 0 radical (unpaired) electrons. The number of benzene rings is 2. The molecular weight excluding hydrogens is 470 g/mol. The molecule has 0 aliphatic carbocycles. The van der Waals surface area contributed by atoms with Crippen LogP contribution in [0.4, 0.5) is 0 Å². The maximum Gasteiger partial charge on any atom is 0.339 e. The second-order valence-electron chi connectivity index (χ2n) is 9.41. The van der Waals surface area contributed by atoms with Gasteiger partial charge in [-0.05, 0) is 56.0 Å². The molecule has 0 spiro atoms. The Morgan fingerprint density at radius 2 is 1.92 bits per heavy atom. The van der Waals surface area contributed by atoms with Gasteiger partial charge in [0, 0.05) is 17.0 Å². The summed E-state index contributed by atoms with van der Waals surface area (Å²) in [5.41, 5.74) is 3.63. The molecule has 0 aliphatic rings. The highest BCUT2D eigenvalue weighted by molar-refractivity contribution is 5.82. The summed E-state index contributed by atoms with van der Waals surface area (Å²) in [6.45, 7) is 6.69. The number of aromatic nitrogens is 3. The third-order valence-corrected chi connectivity index (χ3v) is 6.43.